The molecule has 0 saturated carbocycles. The third kappa shape index (κ3) is 3.88. The van der Waals surface area contributed by atoms with E-state index in [1.165, 1.54) is 11.7 Å². The predicted octanol–water partition coefficient (Wildman–Crippen LogP) is 3.25. The van der Waals surface area contributed by atoms with Gasteiger partial charge in [0.15, 0.2) is 5.03 Å². The van der Waals surface area contributed by atoms with Crippen molar-refractivity contribution in [1.29, 1.82) is 0 Å². The number of hydrogen-bond donors (Lipinski definition) is 0. The Morgan fingerprint density at radius 3 is 2.59 bits per heavy atom. The smallest absolute Gasteiger partial charge is 0.280 e. The first-order chi connectivity index (χ1) is 7.75. The Kier molecular flexibility index (Phi) is 4.89. The van der Waals surface area contributed by atoms with Gasteiger partial charge in [0.1, 0.15) is 5.82 Å². The SMILES string of the molecule is CC(C)c1nc(S(=O)(=O)Cl)cn1CC(Cl)=CCl. The zero-order valence-electron chi connectivity index (χ0n) is 9.19. The molecule has 0 unspecified atom stereocenters. The summed E-state index contributed by atoms with van der Waals surface area (Å²) in [5.41, 5.74) is 1.22. The van der Waals surface area contributed by atoms with Crippen LogP contribution in [-0.4, -0.2) is 18.0 Å². The number of allylic oxidation sites excluding steroid dienone is 1. The van der Waals surface area contributed by atoms with Crippen LogP contribution >= 0.6 is 33.9 Å². The van der Waals surface area contributed by atoms with Crippen LogP contribution in [0.2, 0.25) is 0 Å². The number of rotatable bonds is 4. The molecule has 0 aliphatic heterocycles. The van der Waals surface area contributed by atoms with Crippen molar-refractivity contribution in [2.45, 2.75) is 31.3 Å². The van der Waals surface area contributed by atoms with Crippen molar-refractivity contribution in [3.63, 3.8) is 0 Å². The lowest BCUT2D eigenvalue weighted by Gasteiger charge is -2.08. The van der Waals surface area contributed by atoms with Gasteiger partial charge in [-0.25, -0.2) is 13.4 Å². The minimum atomic E-state index is -3.84. The molecule has 0 radical (unpaired) electrons. The number of hydrogen-bond acceptors (Lipinski definition) is 3. The molecule has 1 aromatic heterocycles. The van der Waals surface area contributed by atoms with Crippen LogP contribution in [0.15, 0.2) is 21.8 Å². The van der Waals surface area contributed by atoms with E-state index in [-0.39, 0.29) is 17.5 Å². The lowest BCUT2D eigenvalue weighted by atomic mass is 10.2. The monoisotopic (exact) mass is 316 g/mol. The summed E-state index contributed by atoms with van der Waals surface area (Å²) in [5.74, 6) is 0.628. The number of imidazole rings is 1. The molecule has 0 atom stereocenters. The van der Waals surface area contributed by atoms with Crippen LogP contribution in [0.5, 0.6) is 0 Å². The maximum absolute atomic E-state index is 11.2. The fraction of sp³-hybridized carbons (Fsp3) is 0.444. The Morgan fingerprint density at radius 2 is 2.18 bits per heavy atom. The van der Waals surface area contributed by atoms with E-state index < -0.39 is 9.05 Å². The first-order valence-electron chi connectivity index (χ1n) is 4.72. The van der Waals surface area contributed by atoms with Crippen molar-refractivity contribution in [3.05, 3.63) is 22.6 Å². The van der Waals surface area contributed by atoms with Gasteiger partial charge in [-0.3, -0.25) is 0 Å². The molecular weight excluding hydrogens is 307 g/mol. The molecule has 0 amide bonds. The average molecular weight is 318 g/mol. The van der Waals surface area contributed by atoms with Gasteiger partial charge in [0.25, 0.3) is 9.05 Å². The van der Waals surface area contributed by atoms with Gasteiger partial charge < -0.3 is 4.57 Å². The quantitative estimate of drug-likeness (QED) is 0.801. The highest BCUT2D eigenvalue weighted by atomic mass is 35.7. The lowest BCUT2D eigenvalue weighted by Crippen LogP contribution is -2.04. The Morgan fingerprint density at radius 1 is 1.59 bits per heavy atom. The van der Waals surface area contributed by atoms with Crippen molar-refractivity contribution in [2.24, 2.45) is 0 Å². The fourth-order valence-electron chi connectivity index (χ4n) is 1.31. The molecule has 17 heavy (non-hydrogen) atoms. The van der Waals surface area contributed by atoms with E-state index in [2.05, 4.69) is 4.98 Å². The summed E-state index contributed by atoms with van der Waals surface area (Å²) in [7, 11) is 1.41. The molecule has 0 saturated heterocycles. The van der Waals surface area contributed by atoms with Crippen LogP contribution in [0.4, 0.5) is 0 Å². The van der Waals surface area contributed by atoms with Gasteiger partial charge in [0, 0.05) is 33.4 Å². The molecule has 0 bridgehead atoms. The van der Waals surface area contributed by atoms with Crippen LogP contribution in [0.1, 0.15) is 25.6 Å². The third-order valence-corrected chi connectivity index (χ3v) is 3.77. The second kappa shape index (κ2) is 5.61. The predicted molar refractivity (Wildman–Crippen MR) is 69.1 cm³/mol. The molecule has 1 rings (SSSR count). The summed E-state index contributed by atoms with van der Waals surface area (Å²) in [4.78, 5) is 3.98. The third-order valence-electron chi connectivity index (χ3n) is 1.99. The summed E-state index contributed by atoms with van der Waals surface area (Å²) in [6.45, 7) is 4.04. The molecule has 0 aliphatic carbocycles. The highest BCUT2D eigenvalue weighted by Crippen LogP contribution is 2.21. The van der Waals surface area contributed by atoms with Gasteiger partial charge in [-0.15, -0.1) is 0 Å². The van der Waals surface area contributed by atoms with E-state index in [1.54, 1.807) is 4.57 Å². The summed E-state index contributed by atoms with van der Waals surface area (Å²) < 4.78 is 24.0. The summed E-state index contributed by atoms with van der Waals surface area (Å²) in [6, 6.07) is 0. The summed E-state index contributed by atoms with van der Waals surface area (Å²) in [6.07, 6.45) is 1.35. The zero-order valence-corrected chi connectivity index (χ0v) is 12.3. The summed E-state index contributed by atoms with van der Waals surface area (Å²) >= 11 is 11.3. The van der Waals surface area contributed by atoms with E-state index in [0.717, 1.165) is 0 Å². The first-order valence-corrected chi connectivity index (χ1v) is 7.84. The number of nitrogens with zero attached hydrogens (tertiary/aromatic N) is 2. The van der Waals surface area contributed by atoms with Gasteiger partial charge >= 0.3 is 0 Å². The minimum absolute atomic E-state index is 0.0435. The van der Waals surface area contributed by atoms with Gasteiger partial charge in [0.2, 0.25) is 0 Å². The van der Waals surface area contributed by atoms with Gasteiger partial charge in [-0.1, -0.05) is 37.0 Å². The molecule has 0 N–H and O–H groups in total. The molecule has 96 valence electrons. The maximum atomic E-state index is 11.2. The van der Waals surface area contributed by atoms with Crippen LogP contribution in [0, 0.1) is 0 Å². The molecule has 0 aliphatic rings. The van der Waals surface area contributed by atoms with Crippen LogP contribution in [0.25, 0.3) is 0 Å². The normalized spacial score (nSPS) is 13.4. The standard InChI is InChI=1S/C9H11Cl3N2O2S/c1-6(2)9-13-8(17(12,15)16)5-14(9)4-7(11)3-10/h3,5-6H,4H2,1-2H3. The van der Waals surface area contributed by atoms with Gasteiger partial charge in [0.05, 0.1) is 6.54 Å². The lowest BCUT2D eigenvalue weighted by molar-refractivity contribution is 0.606. The van der Waals surface area contributed by atoms with Crippen molar-refractivity contribution < 1.29 is 8.42 Å². The zero-order chi connectivity index (χ0) is 13.2. The Bertz CT molecular complexity index is 534. The molecule has 1 heterocycles. The van der Waals surface area contributed by atoms with E-state index in [9.17, 15) is 8.42 Å². The van der Waals surface area contributed by atoms with Crippen molar-refractivity contribution in [1.82, 2.24) is 9.55 Å². The van der Waals surface area contributed by atoms with E-state index in [4.69, 9.17) is 33.9 Å². The fourth-order valence-corrected chi connectivity index (χ4v) is 2.18. The first kappa shape index (κ1) is 14.8. The minimum Gasteiger partial charge on any atom is -0.328 e. The second-order valence-corrected chi connectivity index (χ2v) is 6.93. The Labute approximate surface area is 115 Å². The molecule has 0 fully saturated rings. The van der Waals surface area contributed by atoms with Gasteiger partial charge in [-0.2, -0.15) is 0 Å². The van der Waals surface area contributed by atoms with Crippen LogP contribution < -0.4 is 0 Å². The highest BCUT2D eigenvalue weighted by molar-refractivity contribution is 8.13. The largest absolute Gasteiger partial charge is 0.328 e. The molecule has 0 spiro atoms. The van der Waals surface area contributed by atoms with Gasteiger partial charge in [-0.05, 0) is 0 Å². The van der Waals surface area contributed by atoms with Crippen molar-refractivity contribution in [2.75, 3.05) is 0 Å². The van der Waals surface area contributed by atoms with E-state index in [1.807, 2.05) is 13.8 Å². The molecule has 4 nitrogen and oxygen atoms in total. The average Bonchev–Trinajstić information content (AvgIpc) is 2.61. The topological polar surface area (TPSA) is 52.0 Å². The molecule has 8 heteroatoms. The van der Waals surface area contributed by atoms with E-state index in [0.29, 0.717) is 10.9 Å². The van der Waals surface area contributed by atoms with Crippen LogP contribution in [0.3, 0.4) is 0 Å². The number of halogens is 3. The Balaban J connectivity index is 3.24. The second-order valence-electron chi connectivity index (χ2n) is 3.71. The highest BCUT2D eigenvalue weighted by Gasteiger charge is 2.19. The van der Waals surface area contributed by atoms with Crippen LogP contribution in [-0.2, 0) is 15.6 Å². The Hall–Kier alpha value is -0.230. The summed E-state index contributed by atoms with van der Waals surface area (Å²) in [5, 5.41) is 0.200. The molecular formula is C9H11Cl3N2O2S. The molecule has 1 aromatic rings. The number of aromatic nitrogens is 2. The van der Waals surface area contributed by atoms with Crippen molar-refractivity contribution in [3.8, 4) is 0 Å². The van der Waals surface area contributed by atoms with E-state index >= 15 is 0 Å². The molecule has 0 aromatic carbocycles. The maximum Gasteiger partial charge on any atom is 0.280 e. The van der Waals surface area contributed by atoms with Crippen molar-refractivity contribution >= 4 is 42.9 Å².